The number of methoxy groups -OCH3 is 2. The lowest BCUT2D eigenvalue weighted by molar-refractivity contribution is 0.122. The molecule has 0 unspecified atom stereocenters. The number of nitrogens with zero attached hydrogens (tertiary/aromatic N) is 6. The summed E-state index contributed by atoms with van der Waals surface area (Å²) in [5.41, 5.74) is 4.28. The summed E-state index contributed by atoms with van der Waals surface area (Å²) in [6.07, 6.45) is 1.97. The van der Waals surface area contributed by atoms with Crippen LogP contribution in [-0.4, -0.2) is 88.1 Å². The van der Waals surface area contributed by atoms with E-state index in [0.717, 1.165) is 73.9 Å². The predicted octanol–water partition coefficient (Wildman–Crippen LogP) is 4.08. The molecule has 0 atom stereocenters. The highest BCUT2D eigenvalue weighted by atomic mass is 16.5. The molecule has 0 radical (unpaired) electrons. The molecule has 0 N–H and O–H groups in total. The fraction of sp³-hybridized carbons (Fsp3) is 0.500. The van der Waals surface area contributed by atoms with Crippen molar-refractivity contribution in [3.05, 3.63) is 41.5 Å². The van der Waals surface area contributed by atoms with Gasteiger partial charge in [0.05, 0.1) is 38.6 Å². The fourth-order valence-corrected chi connectivity index (χ4v) is 6.11. The van der Waals surface area contributed by atoms with Gasteiger partial charge in [-0.15, -0.1) is 0 Å². The van der Waals surface area contributed by atoms with E-state index in [1.807, 2.05) is 24.1 Å². The quantitative estimate of drug-likeness (QED) is 0.458. The molecule has 2 fully saturated rings. The Morgan fingerprint density at radius 3 is 2.40 bits per heavy atom. The van der Waals surface area contributed by atoms with Gasteiger partial charge in [0.1, 0.15) is 5.82 Å². The monoisotopic (exact) mass is 546 g/mol. The smallest absolute Gasteiger partial charge is 0.324 e. The molecule has 0 bridgehead atoms. The van der Waals surface area contributed by atoms with E-state index >= 15 is 0 Å². The number of ether oxygens (including phenoxy) is 3. The number of benzene rings is 2. The van der Waals surface area contributed by atoms with Crippen molar-refractivity contribution in [3.8, 4) is 11.5 Å². The van der Waals surface area contributed by atoms with Crippen LogP contribution in [0.2, 0.25) is 0 Å². The SMILES string of the molecule is COc1cc2nc(N3CCOCC3)nc(N3CCC(CN4Cc5cc(C)ccc5N(C)C4=O)CC3)c2cc1OC. The molecule has 4 heterocycles. The molecule has 2 saturated heterocycles. The topological polar surface area (TPSA) is 83.5 Å². The van der Waals surface area contributed by atoms with Crippen molar-refractivity contribution in [2.75, 3.05) is 81.9 Å². The predicted molar refractivity (Wildman–Crippen MR) is 156 cm³/mol. The minimum Gasteiger partial charge on any atom is -0.493 e. The summed E-state index contributed by atoms with van der Waals surface area (Å²) in [5, 5.41) is 0.952. The van der Waals surface area contributed by atoms with Gasteiger partial charge in [-0.1, -0.05) is 17.7 Å². The second-order valence-electron chi connectivity index (χ2n) is 11.0. The summed E-state index contributed by atoms with van der Waals surface area (Å²) >= 11 is 0. The number of amides is 2. The maximum Gasteiger partial charge on any atom is 0.324 e. The van der Waals surface area contributed by atoms with Gasteiger partial charge in [0.15, 0.2) is 11.5 Å². The Hall–Kier alpha value is -3.79. The first-order chi connectivity index (χ1) is 19.4. The van der Waals surface area contributed by atoms with Gasteiger partial charge in [0.2, 0.25) is 5.95 Å². The van der Waals surface area contributed by atoms with Crippen molar-refractivity contribution in [3.63, 3.8) is 0 Å². The van der Waals surface area contributed by atoms with Crippen LogP contribution in [0, 0.1) is 12.8 Å². The zero-order chi connectivity index (χ0) is 27.8. The van der Waals surface area contributed by atoms with Gasteiger partial charge >= 0.3 is 6.03 Å². The van der Waals surface area contributed by atoms with Crippen LogP contribution in [0.5, 0.6) is 11.5 Å². The number of hydrogen-bond donors (Lipinski definition) is 0. The number of piperidine rings is 1. The highest BCUT2D eigenvalue weighted by Crippen LogP contribution is 2.38. The lowest BCUT2D eigenvalue weighted by atomic mass is 9.95. The van der Waals surface area contributed by atoms with Crippen LogP contribution in [-0.2, 0) is 11.3 Å². The third-order valence-electron chi connectivity index (χ3n) is 8.37. The summed E-state index contributed by atoms with van der Waals surface area (Å²) in [5.74, 6) is 3.39. The second kappa shape index (κ2) is 11.0. The van der Waals surface area contributed by atoms with E-state index in [9.17, 15) is 4.79 Å². The summed E-state index contributed by atoms with van der Waals surface area (Å²) < 4.78 is 16.8. The van der Waals surface area contributed by atoms with Crippen molar-refractivity contribution in [1.82, 2.24) is 14.9 Å². The van der Waals surface area contributed by atoms with Gasteiger partial charge < -0.3 is 28.9 Å². The number of fused-ring (bicyclic) bond motifs is 2. The lowest BCUT2D eigenvalue weighted by Crippen LogP contribution is -2.48. The second-order valence-corrected chi connectivity index (χ2v) is 11.0. The average molecular weight is 547 g/mol. The van der Waals surface area contributed by atoms with Crippen LogP contribution in [0.25, 0.3) is 10.9 Å². The summed E-state index contributed by atoms with van der Waals surface area (Å²) in [7, 11) is 5.17. The summed E-state index contributed by atoms with van der Waals surface area (Å²) in [4.78, 5) is 31.5. The molecule has 3 aromatic rings. The molecule has 10 nitrogen and oxygen atoms in total. The Kier molecular flexibility index (Phi) is 7.27. The van der Waals surface area contributed by atoms with Crippen molar-refractivity contribution in [1.29, 1.82) is 0 Å². The van der Waals surface area contributed by atoms with Gasteiger partial charge in [0, 0.05) is 57.8 Å². The molecular formula is C30H38N6O4. The van der Waals surface area contributed by atoms with Crippen molar-refractivity contribution < 1.29 is 19.0 Å². The largest absolute Gasteiger partial charge is 0.493 e. The first-order valence-electron chi connectivity index (χ1n) is 14.1. The number of urea groups is 1. The average Bonchev–Trinajstić information content (AvgIpc) is 2.99. The van der Waals surface area contributed by atoms with Crippen LogP contribution >= 0.6 is 0 Å². The van der Waals surface area contributed by atoms with Crippen molar-refractivity contribution in [2.24, 2.45) is 5.92 Å². The molecule has 6 rings (SSSR count). The Balaban J connectivity index is 1.23. The number of rotatable bonds is 6. The Morgan fingerprint density at radius 2 is 1.68 bits per heavy atom. The van der Waals surface area contributed by atoms with Crippen LogP contribution in [0.4, 0.5) is 22.2 Å². The number of morpholine rings is 1. The standard InChI is InChI=1S/C30H38N6O4/c1-20-5-6-25-22(15-20)19-36(30(37)33(25)2)18-21-7-9-34(10-8-21)28-23-16-26(38-3)27(39-4)17-24(23)31-29(32-28)35-11-13-40-14-12-35/h5-6,15-17,21H,7-14,18-19H2,1-4H3. The zero-order valence-electron chi connectivity index (χ0n) is 23.9. The number of aryl methyl sites for hydroxylation is 1. The number of hydrogen-bond acceptors (Lipinski definition) is 8. The summed E-state index contributed by atoms with van der Waals surface area (Å²) in [6.45, 7) is 8.13. The lowest BCUT2D eigenvalue weighted by Gasteiger charge is -2.39. The van der Waals surface area contributed by atoms with Crippen LogP contribution in [0.15, 0.2) is 30.3 Å². The molecule has 212 valence electrons. The Morgan fingerprint density at radius 1 is 0.950 bits per heavy atom. The van der Waals surface area contributed by atoms with Gasteiger partial charge in [-0.3, -0.25) is 4.90 Å². The molecule has 0 saturated carbocycles. The van der Waals surface area contributed by atoms with E-state index < -0.39 is 0 Å². The minimum atomic E-state index is 0.0803. The molecule has 0 aliphatic carbocycles. The number of carbonyl (C=O) groups is 1. The highest BCUT2D eigenvalue weighted by Gasteiger charge is 2.31. The molecule has 40 heavy (non-hydrogen) atoms. The van der Waals surface area contributed by atoms with Gasteiger partial charge in [-0.05, 0) is 43.4 Å². The molecule has 2 amide bonds. The minimum absolute atomic E-state index is 0.0803. The number of aromatic nitrogens is 2. The third kappa shape index (κ3) is 4.96. The fourth-order valence-electron chi connectivity index (χ4n) is 6.11. The van der Waals surface area contributed by atoms with E-state index in [1.54, 1.807) is 19.1 Å². The number of carbonyl (C=O) groups excluding carboxylic acids is 1. The van der Waals surface area contributed by atoms with E-state index in [1.165, 1.54) is 11.1 Å². The van der Waals surface area contributed by atoms with Gasteiger partial charge in [-0.2, -0.15) is 4.98 Å². The Bertz CT molecular complexity index is 1400. The summed E-state index contributed by atoms with van der Waals surface area (Å²) in [6, 6.07) is 10.3. The molecular weight excluding hydrogens is 508 g/mol. The maximum absolute atomic E-state index is 13.2. The molecule has 2 aromatic carbocycles. The van der Waals surface area contributed by atoms with Gasteiger partial charge in [-0.25, -0.2) is 9.78 Å². The van der Waals surface area contributed by atoms with Gasteiger partial charge in [0.25, 0.3) is 0 Å². The van der Waals surface area contributed by atoms with E-state index in [-0.39, 0.29) is 6.03 Å². The van der Waals surface area contributed by atoms with E-state index in [2.05, 4.69) is 34.9 Å². The van der Waals surface area contributed by atoms with Crippen LogP contribution in [0.3, 0.4) is 0 Å². The molecule has 0 spiro atoms. The molecule has 3 aliphatic heterocycles. The molecule has 1 aromatic heterocycles. The molecule has 10 heteroatoms. The third-order valence-corrected chi connectivity index (χ3v) is 8.37. The van der Waals surface area contributed by atoms with E-state index in [4.69, 9.17) is 24.2 Å². The normalized spacial score (nSPS) is 18.4. The number of anilines is 3. The van der Waals surface area contributed by atoms with Crippen LogP contribution < -0.4 is 24.2 Å². The van der Waals surface area contributed by atoms with Crippen LogP contribution in [0.1, 0.15) is 24.0 Å². The maximum atomic E-state index is 13.2. The first-order valence-corrected chi connectivity index (χ1v) is 14.1. The Labute approximate surface area is 235 Å². The highest BCUT2D eigenvalue weighted by molar-refractivity contribution is 5.95. The van der Waals surface area contributed by atoms with Crippen molar-refractivity contribution >= 4 is 34.4 Å². The van der Waals surface area contributed by atoms with Crippen molar-refractivity contribution in [2.45, 2.75) is 26.3 Å². The first kappa shape index (κ1) is 26.4. The zero-order valence-corrected chi connectivity index (χ0v) is 23.9. The van der Waals surface area contributed by atoms with E-state index in [0.29, 0.717) is 37.2 Å². The molecule has 3 aliphatic rings.